The van der Waals surface area contributed by atoms with E-state index in [0.717, 1.165) is 13.2 Å². The van der Waals surface area contributed by atoms with Crippen LogP contribution in [0.2, 0.25) is 5.02 Å². The van der Waals surface area contributed by atoms with Crippen molar-refractivity contribution in [2.75, 3.05) is 7.11 Å². The molecule has 0 heterocycles. The Morgan fingerprint density at radius 1 is 1.44 bits per heavy atom. The van der Waals surface area contributed by atoms with Gasteiger partial charge in [0.05, 0.1) is 17.7 Å². The highest BCUT2D eigenvalue weighted by Crippen LogP contribution is 2.42. The lowest BCUT2D eigenvalue weighted by Crippen LogP contribution is -2.09. The number of carbonyl (C=O) groups is 1. The molecule has 0 aliphatic heterocycles. The summed E-state index contributed by atoms with van der Waals surface area (Å²) >= 11 is 5.77. The fourth-order valence-corrected chi connectivity index (χ4v) is 1.90. The number of halogens is 4. The Morgan fingerprint density at radius 3 is 2.50 bits per heavy atom. The minimum atomic E-state index is -4.55. The molecule has 18 heavy (non-hydrogen) atoms. The molecular formula is C12H12ClF3O2. The number of aldehydes is 1. The van der Waals surface area contributed by atoms with E-state index in [-0.39, 0.29) is 17.4 Å². The Morgan fingerprint density at radius 2 is 2.06 bits per heavy atom. The lowest BCUT2D eigenvalue weighted by Gasteiger charge is -2.17. The molecule has 0 fully saturated rings. The van der Waals surface area contributed by atoms with E-state index in [1.54, 1.807) is 6.92 Å². The smallest absolute Gasteiger partial charge is 0.420 e. The summed E-state index contributed by atoms with van der Waals surface area (Å²) in [6.07, 6.45) is -3.75. The Bertz CT molecular complexity index is 444. The maximum atomic E-state index is 12.8. The molecule has 2 nitrogen and oxygen atoms in total. The van der Waals surface area contributed by atoms with Crippen LogP contribution in [0.5, 0.6) is 5.75 Å². The van der Waals surface area contributed by atoms with E-state index >= 15 is 0 Å². The summed E-state index contributed by atoms with van der Waals surface area (Å²) in [5.41, 5.74) is -0.564. The van der Waals surface area contributed by atoms with Crippen molar-refractivity contribution in [2.45, 2.75) is 25.4 Å². The third-order valence-electron chi connectivity index (χ3n) is 2.59. The van der Waals surface area contributed by atoms with Gasteiger partial charge in [-0.3, -0.25) is 0 Å². The quantitative estimate of drug-likeness (QED) is 0.778. The van der Waals surface area contributed by atoms with Gasteiger partial charge in [-0.1, -0.05) is 18.5 Å². The first-order valence-corrected chi connectivity index (χ1v) is 5.57. The van der Waals surface area contributed by atoms with Crippen molar-refractivity contribution in [2.24, 2.45) is 0 Å². The molecule has 1 aromatic rings. The zero-order chi connectivity index (χ0) is 13.9. The summed E-state index contributed by atoms with van der Waals surface area (Å²) in [5.74, 6) is -0.724. The van der Waals surface area contributed by atoms with Crippen LogP contribution in [0.15, 0.2) is 12.1 Å². The minimum absolute atomic E-state index is 0.111. The lowest BCUT2D eigenvalue weighted by atomic mass is 9.96. The highest BCUT2D eigenvalue weighted by molar-refractivity contribution is 6.32. The molecule has 100 valence electrons. The van der Waals surface area contributed by atoms with Gasteiger partial charge >= 0.3 is 6.18 Å². The highest BCUT2D eigenvalue weighted by atomic mass is 35.5. The summed E-state index contributed by atoms with van der Waals surface area (Å²) in [7, 11) is 1.13. The number of ether oxygens (including phenoxy) is 1. The Balaban J connectivity index is 3.35. The zero-order valence-corrected chi connectivity index (χ0v) is 10.6. The average molecular weight is 281 g/mol. The molecule has 0 N–H and O–H groups in total. The maximum absolute atomic E-state index is 12.8. The Hall–Kier alpha value is -1.23. The summed E-state index contributed by atoms with van der Waals surface area (Å²) in [4.78, 5) is 10.4. The molecule has 0 saturated heterocycles. The predicted molar refractivity (Wildman–Crippen MR) is 62.1 cm³/mol. The van der Waals surface area contributed by atoms with Gasteiger partial charge in [0.25, 0.3) is 0 Å². The van der Waals surface area contributed by atoms with Crippen LogP contribution in [0.3, 0.4) is 0 Å². The fourth-order valence-electron chi connectivity index (χ4n) is 1.60. The van der Waals surface area contributed by atoms with Crippen molar-refractivity contribution >= 4 is 17.9 Å². The molecule has 1 atom stereocenters. The number of hydrogen-bond donors (Lipinski definition) is 0. The molecule has 0 radical (unpaired) electrons. The number of hydrogen-bond acceptors (Lipinski definition) is 2. The summed E-state index contributed by atoms with van der Waals surface area (Å²) in [6, 6.07) is 2.36. The molecule has 0 amide bonds. The summed E-state index contributed by atoms with van der Waals surface area (Å²) in [6.45, 7) is 1.66. The van der Waals surface area contributed by atoms with Gasteiger partial charge in [0.2, 0.25) is 0 Å². The molecule has 0 aromatic heterocycles. The summed E-state index contributed by atoms with van der Waals surface area (Å²) in [5, 5.41) is -0.111. The van der Waals surface area contributed by atoms with Gasteiger partial charge in [-0.15, -0.1) is 0 Å². The van der Waals surface area contributed by atoms with Crippen LogP contribution in [0.1, 0.15) is 30.4 Å². The van der Waals surface area contributed by atoms with E-state index in [9.17, 15) is 18.0 Å². The third kappa shape index (κ3) is 3.16. The van der Waals surface area contributed by atoms with E-state index in [0.29, 0.717) is 11.8 Å². The van der Waals surface area contributed by atoms with E-state index < -0.39 is 17.5 Å². The molecule has 0 spiro atoms. The largest absolute Gasteiger partial charge is 0.495 e. The van der Waals surface area contributed by atoms with Crippen LogP contribution in [-0.2, 0) is 11.0 Å². The van der Waals surface area contributed by atoms with Crippen molar-refractivity contribution in [3.05, 3.63) is 28.3 Å². The first-order chi connectivity index (χ1) is 8.31. The van der Waals surface area contributed by atoms with E-state index in [2.05, 4.69) is 4.74 Å². The van der Waals surface area contributed by atoms with Crippen molar-refractivity contribution in [1.82, 2.24) is 0 Å². The zero-order valence-electron chi connectivity index (χ0n) is 9.84. The second-order valence-corrected chi connectivity index (χ2v) is 4.29. The molecule has 0 aliphatic carbocycles. The first-order valence-electron chi connectivity index (χ1n) is 5.19. The van der Waals surface area contributed by atoms with Crippen LogP contribution in [-0.4, -0.2) is 13.4 Å². The highest BCUT2D eigenvalue weighted by Gasteiger charge is 2.36. The standard InChI is InChI=1S/C12H12ClF3O2/c1-7(3-4-17)8-5-9(12(14,15)16)11(18-2)10(13)6-8/h4-7H,3H2,1-2H3. The lowest BCUT2D eigenvalue weighted by molar-refractivity contribution is -0.138. The normalized spacial score (nSPS) is 13.2. The van der Waals surface area contributed by atoms with Crippen molar-refractivity contribution in [3.8, 4) is 5.75 Å². The van der Waals surface area contributed by atoms with Gasteiger partial charge in [0, 0.05) is 6.42 Å². The van der Waals surface area contributed by atoms with Crippen LogP contribution >= 0.6 is 11.6 Å². The molecule has 1 aromatic carbocycles. The molecule has 1 unspecified atom stereocenters. The Labute approximate surface area is 108 Å². The fraction of sp³-hybridized carbons (Fsp3) is 0.417. The topological polar surface area (TPSA) is 26.3 Å². The third-order valence-corrected chi connectivity index (χ3v) is 2.88. The van der Waals surface area contributed by atoms with Crippen LogP contribution in [0.4, 0.5) is 13.2 Å². The number of carbonyl (C=O) groups excluding carboxylic acids is 1. The van der Waals surface area contributed by atoms with Gasteiger partial charge in [0.15, 0.2) is 0 Å². The van der Waals surface area contributed by atoms with Crippen LogP contribution in [0.25, 0.3) is 0 Å². The first kappa shape index (κ1) is 14.8. The van der Waals surface area contributed by atoms with Crippen molar-refractivity contribution in [3.63, 3.8) is 0 Å². The average Bonchev–Trinajstić information content (AvgIpc) is 2.27. The van der Waals surface area contributed by atoms with Gasteiger partial charge in [-0.05, 0) is 23.6 Å². The second kappa shape index (κ2) is 5.61. The SMILES string of the molecule is COc1c(Cl)cc(C(C)CC=O)cc1C(F)(F)F. The predicted octanol–water partition coefficient (Wildman–Crippen LogP) is 4.06. The number of benzene rings is 1. The van der Waals surface area contributed by atoms with Crippen molar-refractivity contribution in [1.29, 1.82) is 0 Å². The molecule has 0 aliphatic rings. The molecule has 0 saturated carbocycles. The van der Waals surface area contributed by atoms with Gasteiger partial charge < -0.3 is 9.53 Å². The van der Waals surface area contributed by atoms with Gasteiger partial charge in [0.1, 0.15) is 12.0 Å². The van der Waals surface area contributed by atoms with Crippen LogP contribution in [0, 0.1) is 0 Å². The molecular weight excluding hydrogens is 269 g/mol. The van der Waals surface area contributed by atoms with Gasteiger partial charge in [-0.2, -0.15) is 13.2 Å². The summed E-state index contributed by atoms with van der Waals surface area (Å²) < 4.78 is 43.2. The van der Waals surface area contributed by atoms with E-state index in [4.69, 9.17) is 11.6 Å². The number of rotatable bonds is 4. The molecule has 0 bridgehead atoms. The van der Waals surface area contributed by atoms with E-state index in [1.165, 1.54) is 6.07 Å². The second-order valence-electron chi connectivity index (χ2n) is 3.88. The Kier molecular flexibility index (Phi) is 4.62. The maximum Gasteiger partial charge on any atom is 0.420 e. The number of alkyl halides is 3. The van der Waals surface area contributed by atoms with Gasteiger partial charge in [-0.25, -0.2) is 0 Å². The van der Waals surface area contributed by atoms with E-state index in [1.807, 2.05) is 0 Å². The number of methoxy groups -OCH3 is 1. The monoisotopic (exact) mass is 280 g/mol. The molecule has 6 heteroatoms. The van der Waals surface area contributed by atoms with Crippen LogP contribution < -0.4 is 4.74 Å². The molecule has 1 rings (SSSR count). The minimum Gasteiger partial charge on any atom is -0.495 e. The van der Waals surface area contributed by atoms with Crippen molar-refractivity contribution < 1.29 is 22.7 Å².